The van der Waals surface area contributed by atoms with Crippen molar-refractivity contribution in [2.45, 2.75) is 26.4 Å². The highest BCUT2D eigenvalue weighted by atomic mass is 19.1. The number of amides is 2. The van der Waals surface area contributed by atoms with Crippen LogP contribution in [0.3, 0.4) is 0 Å². The maximum atomic E-state index is 13.0. The Balaban J connectivity index is 1.71. The van der Waals surface area contributed by atoms with Gasteiger partial charge in [-0.3, -0.25) is 0 Å². The molecule has 28 heavy (non-hydrogen) atoms. The molecule has 0 unspecified atom stereocenters. The summed E-state index contributed by atoms with van der Waals surface area (Å²) in [5, 5.41) is 6.72. The third-order valence-electron chi connectivity index (χ3n) is 4.10. The zero-order chi connectivity index (χ0) is 20.1. The van der Waals surface area contributed by atoms with E-state index in [0.717, 1.165) is 11.3 Å². The van der Waals surface area contributed by atoms with E-state index in [-0.39, 0.29) is 24.4 Å². The lowest BCUT2D eigenvalue weighted by Crippen LogP contribution is -2.39. The minimum Gasteiger partial charge on any atom is -0.497 e. The van der Waals surface area contributed by atoms with Gasteiger partial charge in [0.25, 0.3) is 0 Å². The Hall–Kier alpha value is -3.42. The number of anilines is 1. The Morgan fingerprint density at radius 3 is 2.46 bits per heavy atom. The van der Waals surface area contributed by atoms with Crippen molar-refractivity contribution in [3.8, 4) is 17.1 Å². The number of carbonyl (C=O) groups is 1. The molecule has 0 spiro atoms. The van der Waals surface area contributed by atoms with E-state index in [1.54, 1.807) is 12.0 Å². The Labute approximate surface area is 162 Å². The number of rotatable bonds is 6. The molecular formula is C20H21FN4O3. The van der Waals surface area contributed by atoms with Gasteiger partial charge in [0.1, 0.15) is 18.1 Å². The Morgan fingerprint density at radius 1 is 1.18 bits per heavy atom. The van der Waals surface area contributed by atoms with Gasteiger partial charge in [-0.1, -0.05) is 5.16 Å². The van der Waals surface area contributed by atoms with Gasteiger partial charge in [-0.25, -0.2) is 9.18 Å². The fraction of sp³-hybridized carbons (Fsp3) is 0.250. The first kappa shape index (κ1) is 19.3. The summed E-state index contributed by atoms with van der Waals surface area (Å²) >= 11 is 0. The monoisotopic (exact) mass is 384 g/mol. The van der Waals surface area contributed by atoms with Crippen LogP contribution >= 0.6 is 0 Å². The Bertz CT molecular complexity index is 923. The van der Waals surface area contributed by atoms with Crippen molar-refractivity contribution in [2.24, 2.45) is 0 Å². The van der Waals surface area contributed by atoms with Crippen LogP contribution in [-0.2, 0) is 6.54 Å². The van der Waals surface area contributed by atoms with Gasteiger partial charge in [-0.05, 0) is 62.4 Å². The number of nitrogens with zero attached hydrogens (tertiary/aromatic N) is 3. The SMILES string of the molecule is COc1ccc(-c2noc(CN(C(=O)Nc3ccc(F)cc3)C(C)C)n2)cc1. The molecule has 0 aliphatic rings. The van der Waals surface area contributed by atoms with E-state index in [2.05, 4.69) is 15.5 Å². The van der Waals surface area contributed by atoms with Gasteiger partial charge in [0.2, 0.25) is 11.7 Å². The number of ether oxygens (including phenoxy) is 1. The lowest BCUT2D eigenvalue weighted by molar-refractivity contribution is 0.182. The van der Waals surface area contributed by atoms with E-state index in [1.807, 2.05) is 38.1 Å². The highest BCUT2D eigenvalue weighted by Gasteiger charge is 2.21. The van der Waals surface area contributed by atoms with Gasteiger partial charge < -0.3 is 19.5 Å². The number of hydrogen-bond donors (Lipinski definition) is 1. The molecule has 0 aliphatic heterocycles. The summed E-state index contributed by atoms with van der Waals surface area (Å²) in [6, 6.07) is 12.4. The average Bonchev–Trinajstić information content (AvgIpc) is 3.16. The van der Waals surface area contributed by atoms with Crippen LogP contribution in [-0.4, -0.2) is 34.2 Å². The first-order valence-corrected chi connectivity index (χ1v) is 8.76. The van der Waals surface area contributed by atoms with E-state index in [9.17, 15) is 9.18 Å². The van der Waals surface area contributed by atoms with Crippen LogP contribution in [0.1, 0.15) is 19.7 Å². The number of methoxy groups -OCH3 is 1. The van der Waals surface area contributed by atoms with Crippen molar-refractivity contribution in [3.63, 3.8) is 0 Å². The number of urea groups is 1. The van der Waals surface area contributed by atoms with E-state index in [0.29, 0.717) is 17.4 Å². The van der Waals surface area contributed by atoms with Crippen LogP contribution in [0.15, 0.2) is 53.1 Å². The molecular weight excluding hydrogens is 363 g/mol. The second-order valence-corrected chi connectivity index (χ2v) is 6.40. The first-order valence-electron chi connectivity index (χ1n) is 8.76. The predicted octanol–water partition coefficient (Wildman–Crippen LogP) is 4.33. The molecule has 3 rings (SSSR count). The van der Waals surface area contributed by atoms with E-state index < -0.39 is 0 Å². The molecule has 0 radical (unpaired) electrons. The molecule has 2 aromatic carbocycles. The lowest BCUT2D eigenvalue weighted by atomic mass is 10.2. The van der Waals surface area contributed by atoms with Crippen molar-refractivity contribution in [3.05, 3.63) is 60.2 Å². The summed E-state index contributed by atoms with van der Waals surface area (Å²) in [5.74, 6) is 1.11. The van der Waals surface area contributed by atoms with Crippen molar-refractivity contribution in [1.82, 2.24) is 15.0 Å². The molecule has 1 heterocycles. The van der Waals surface area contributed by atoms with Crippen molar-refractivity contribution in [2.75, 3.05) is 12.4 Å². The number of halogens is 1. The van der Waals surface area contributed by atoms with Gasteiger partial charge in [-0.15, -0.1) is 0 Å². The zero-order valence-electron chi connectivity index (χ0n) is 15.8. The Kier molecular flexibility index (Phi) is 5.88. The molecule has 0 bridgehead atoms. The molecule has 7 nitrogen and oxygen atoms in total. The molecule has 1 aromatic heterocycles. The number of nitrogens with one attached hydrogen (secondary N) is 1. The summed E-state index contributed by atoms with van der Waals surface area (Å²) in [4.78, 5) is 18.5. The summed E-state index contributed by atoms with van der Waals surface area (Å²) in [5.41, 5.74) is 1.28. The maximum Gasteiger partial charge on any atom is 0.322 e. The number of benzene rings is 2. The van der Waals surface area contributed by atoms with E-state index in [1.165, 1.54) is 24.3 Å². The van der Waals surface area contributed by atoms with Gasteiger partial charge in [0.05, 0.1) is 7.11 Å². The van der Waals surface area contributed by atoms with Crippen molar-refractivity contribution >= 4 is 11.7 Å². The number of hydrogen-bond acceptors (Lipinski definition) is 5. The minimum atomic E-state index is -0.365. The number of aromatic nitrogens is 2. The van der Waals surface area contributed by atoms with Gasteiger partial charge in [-0.2, -0.15) is 4.98 Å². The second kappa shape index (κ2) is 8.51. The van der Waals surface area contributed by atoms with E-state index >= 15 is 0 Å². The van der Waals surface area contributed by atoms with Crippen LogP contribution in [0.5, 0.6) is 5.75 Å². The highest BCUT2D eigenvalue weighted by Crippen LogP contribution is 2.20. The summed E-state index contributed by atoms with van der Waals surface area (Å²) in [6.45, 7) is 3.91. The van der Waals surface area contributed by atoms with Crippen molar-refractivity contribution in [1.29, 1.82) is 0 Å². The van der Waals surface area contributed by atoms with Gasteiger partial charge in [0, 0.05) is 17.3 Å². The molecule has 0 saturated heterocycles. The smallest absolute Gasteiger partial charge is 0.322 e. The second-order valence-electron chi connectivity index (χ2n) is 6.40. The Morgan fingerprint density at radius 2 is 1.86 bits per heavy atom. The quantitative estimate of drug-likeness (QED) is 0.684. The fourth-order valence-corrected chi connectivity index (χ4v) is 2.54. The molecule has 0 aliphatic carbocycles. The molecule has 0 atom stereocenters. The van der Waals surface area contributed by atoms with Gasteiger partial charge >= 0.3 is 6.03 Å². The highest BCUT2D eigenvalue weighted by molar-refractivity contribution is 5.89. The predicted molar refractivity (Wildman–Crippen MR) is 102 cm³/mol. The largest absolute Gasteiger partial charge is 0.497 e. The molecule has 3 aromatic rings. The maximum absolute atomic E-state index is 13.0. The van der Waals surface area contributed by atoms with Crippen LogP contribution in [0.4, 0.5) is 14.9 Å². The minimum absolute atomic E-state index is 0.114. The first-order chi connectivity index (χ1) is 13.5. The number of carbonyl (C=O) groups excluding carboxylic acids is 1. The van der Waals surface area contributed by atoms with Crippen LogP contribution in [0.25, 0.3) is 11.4 Å². The third kappa shape index (κ3) is 4.64. The summed E-state index contributed by atoms with van der Waals surface area (Å²) in [7, 11) is 1.60. The standard InChI is InChI=1S/C20H21FN4O3/c1-13(2)25(20(26)22-16-8-6-15(21)7-9-16)12-18-23-19(24-28-18)14-4-10-17(27-3)11-5-14/h4-11,13H,12H2,1-3H3,(H,22,26). The molecule has 1 N–H and O–H groups in total. The molecule has 0 saturated carbocycles. The topological polar surface area (TPSA) is 80.5 Å². The molecule has 146 valence electrons. The fourth-order valence-electron chi connectivity index (χ4n) is 2.54. The normalized spacial score (nSPS) is 10.8. The summed E-state index contributed by atoms with van der Waals surface area (Å²) < 4.78 is 23.5. The van der Waals surface area contributed by atoms with Crippen LogP contribution in [0.2, 0.25) is 0 Å². The summed E-state index contributed by atoms with van der Waals surface area (Å²) in [6.07, 6.45) is 0. The van der Waals surface area contributed by atoms with Crippen LogP contribution in [0, 0.1) is 5.82 Å². The third-order valence-corrected chi connectivity index (χ3v) is 4.10. The van der Waals surface area contributed by atoms with Crippen molar-refractivity contribution < 1.29 is 18.4 Å². The van der Waals surface area contributed by atoms with Crippen LogP contribution < -0.4 is 10.1 Å². The zero-order valence-corrected chi connectivity index (χ0v) is 15.8. The average molecular weight is 384 g/mol. The van der Waals surface area contributed by atoms with E-state index in [4.69, 9.17) is 9.26 Å². The van der Waals surface area contributed by atoms with Gasteiger partial charge in [0.15, 0.2) is 0 Å². The molecule has 8 heteroatoms. The molecule has 2 amide bonds. The molecule has 0 fully saturated rings. The lowest BCUT2D eigenvalue weighted by Gasteiger charge is -2.25.